The van der Waals surface area contributed by atoms with E-state index in [4.69, 9.17) is 4.42 Å². The number of rotatable bonds is 3. The number of hydrogen-bond acceptors (Lipinski definition) is 4. The average Bonchev–Trinajstić information content (AvgIpc) is 2.87. The van der Waals surface area contributed by atoms with Crippen LogP contribution in [0.2, 0.25) is 0 Å². The second kappa shape index (κ2) is 4.98. The SMILES string of the molecule is CCc1oc2cccc(O)c2c1C(=O)c1ccc(O)cc1. The fraction of sp³-hybridized carbons (Fsp3) is 0.118. The first-order valence-corrected chi connectivity index (χ1v) is 6.69. The Morgan fingerprint density at radius 2 is 1.81 bits per heavy atom. The minimum Gasteiger partial charge on any atom is -0.508 e. The topological polar surface area (TPSA) is 70.7 Å². The molecule has 0 unspecified atom stereocenters. The standard InChI is InChI=1S/C17H14O4/c1-2-13-16(15-12(19)4-3-5-14(15)21-13)17(20)10-6-8-11(18)9-7-10/h3-9,18-19H,2H2,1H3. The van der Waals surface area contributed by atoms with E-state index in [9.17, 15) is 15.0 Å². The molecule has 0 spiro atoms. The predicted molar refractivity (Wildman–Crippen MR) is 78.8 cm³/mol. The highest BCUT2D eigenvalue weighted by atomic mass is 16.3. The summed E-state index contributed by atoms with van der Waals surface area (Å²) in [6.07, 6.45) is 0.549. The van der Waals surface area contributed by atoms with E-state index in [2.05, 4.69) is 0 Å². The van der Waals surface area contributed by atoms with E-state index in [0.717, 1.165) is 0 Å². The van der Waals surface area contributed by atoms with Gasteiger partial charge in [0.15, 0.2) is 5.78 Å². The Morgan fingerprint density at radius 1 is 1.10 bits per heavy atom. The van der Waals surface area contributed by atoms with Gasteiger partial charge in [-0.15, -0.1) is 0 Å². The van der Waals surface area contributed by atoms with Crippen LogP contribution in [-0.4, -0.2) is 16.0 Å². The molecule has 2 N–H and O–H groups in total. The van der Waals surface area contributed by atoms with Crippen LogP contribution in [0.4, 0.5) is 0 Å². The van der Waals surface area contributed by atoms with Crippen LogP contribution in [0.15, 0.2) is 46.9 Å². The van der Waals surface area contributed by atoms with Crippen molar-refractivity contribution in [1.29, 1.82) is 0 Å². The minimum absolute atomic E-state index is 0.0260. The van der Waals surface area contributed by atoms with Crippen molar-refractivity contribution < 1.29 is 19.4 Å². The summed E-state index contributed by atoms with van der Waals surface area (Å²) in [5, 5.41) is 19.8. The summed E-state index contributed by atoms with van der Waals surface area (Å²) in [5.41, 5.74) is 1.32. The lowest BCUT2D eigenvalue weighted by atomic mass is 9.99. The summed E-state index contributed by atoms with van der Waals surface area (Å²) in [6.45, 7) is 1.89. The van der Waals surface area contributed by atoms with Gasteiger partial charge in [-0.2, -0.15) is 0 Å². The predicted octanol–water partition coefficient (Wildman–Crippen LogP) is 3.64. The lowest BCUT2D eigenvalue weighted by molar-refractivity contribution is 0.103. The Kier molecular flexibility index (Phi) is 3.14. The molecule has 0 atom stereocenters. The zero-order valence-corrected chi connectivity index (χ0v) is 11.5. The second-order valence-electron chi connectivity index (χ2n) is 4.78. The maximum atomic E-state index is 12.7. The number of benzene rings is 2. The Morgan fingerprint density at radius 3 is 2.48 bits per heavy atom. The van der Waals surface area contributed by atoms with E-state index in [1.807, 2.05) is 6.92 Å². The molecule has 3 aromatic rings. The van der Waals surface area contributed by atoms with E-state index >= 15 is 0 Å². The number of fused-ring (bicyclic) bond motifs is 1. The van der Waals surface area contributed by atoms with Gasteiger partial charge in [0, 0.05) is 12.0 Å². The number of phenolic OH excluding ortho intramolecular Hbond substituents is 2. The van der Waals surface area contributed by atoms with Crippen LogP contribution in [0, 0.1) is 0 Å². The number of carbonyl (C=O) groups excluding carboxylic acids is 1. The maximum Gasteiger partial charge on any atom is 0.197 e. The number of carbonyl (C=O) groups is 1. The highest BCUT2D eigenvalue weighted by molar-refractivity contribution is 6.18. The van der Waals surface area contributed by atoms with Crippen molar-refractivity contribution in [3.8, 4) is 11.5 Å². The molecule has 3 rings (SSSR count). The number of aryl methyl sites for hydroxylation is 1. The van der Waals surface area contributed by atoms with E-state index in [-0.39, 0.29) is 17.3 Å². The number of phenols is 2. The molecule has 106 valence electrons. The molecule has 1 heterocycles. The highest BCUT2D eigenvalue weighted by Crippen LogP contribution is 2.34. The van der Waals surface area contributed by atoms with Gasteiger partial charge in [0.2, 0.25) is 0 Å². The molecule has 21 heavy (non-hydrogen) atoms. The van der Waals surface area contributed by atoms with Gasteiger partial charge in [0.1, 0.15) is 22.8 Å². The molecule has 0 aliphatic rings. The summed E-state index contributed by atoms with van der Waals surface area (Å²) >= 11 is 0. The van der Waals surface area contributed by atoms with Crippen molar-refractivity contribution in [2.75, 3.05) is 0 Å². The van der Waals surface area contributed by atoms with Gasteiger partial charge < -0.3 is 14.6 Å². The third-order valence-electron chi connectivity index (χ3n) is 3.44. The van der Waals surface area contributed by atoms with Crippen LogP contribution >= 0.6 is 0 Å². The molecule has 0 aliphatic heterocycles. The van der Waals surface area contributed by atoms with Gasteiger partial charge in [-0.25, -0.2) is 0 Å². The van der Waals surface area contributed by atoms with Crippen LogP contribution in [0.25, 0.3) is 11.0 Å². The molecule has 0 saturated carbocycles. The maximum absolute atomic E-state index is 12.7. The molecule has 0 radical (unpaired) electrons. The summed E-state index contributed by atoms with van der Waals surface area (Å²) in [5.74, 6) is 0.442. The Bertz CT molecular complexity index is 813. The smallest absolute Gasteiger partial charge is 0.197 e. The van der Waals surface area contributed by atoms with Crippen molar-refractivity contribution in [3.63, 3.8) is 0 Å². The molecule has 0 amide bonds. The van der Waals surface area contributed by atoms with Crippen LogP contribution in [0.5, 0.6) is 11.5 Å². The summed E-state index contributed by atoms with van der Waals surface area (Å²) in [7, 11) is 0. The van der Waals surface area contributed by atoms with Gasteiger partial charge in [-0.3, -0.25) is 4.79 Å². The van der Waals surface area contributed by atoms with Crippen LogP contribution in [0.1, 0.15) is 28.6 Å². The monoisotopic (exact) mass is 282 g/mol. The number of ketones is 1. The first-order valence-electron chi connectivity index (χ1n) is 6.69. The highest BCUT2D eigenvalue weighted by Gasteiger charge is 2.23. The quantitative estimate of drug-likeness (QED) is 0.719. The molecule has 0 aliphatic carbocycles. The molecule has 0 saturated heterocycles. The van der Waals surface area contributed by atoms with Gasteiger partial charge >= 0.3 is 0 Å². The van der Waals surface area contributed by atoms with Crippen LogP contribution in [-0.2, 0) is 6.42 Å². The van der Waals surface area contributed by atoms with Gasteiger partial charge in [-0.1, -0.05) is 13.0 Å². The molecule has 1 aromatic heterocycles. The molecule has 0 fully saturated rings. The lowest BCUT2D eigenvalue weighted by Crippen LogP contribution is -2.03. The Balaban J connectivity index is 2.23. The second-order valence-corrected chi connectivity index (χ2v) is 4.78. The largest absolute Gasteiger partial charge is 0.508 e. The fourth-order valence-electron chi connectivity index (χ4n) is 2.43. The van der Waals surface area contributed by atoms with E-state index in [1.165, 1.54) is 18.2 Å². The van der Waals surface area contributed by atoms with Crippen LogP contribution in [0.3, 0.4) is 0 Å². The summed E-state index contributed by atoms with van der Waals surface area (Å²) in [6, 6.07) is 11.0. The Hall–Kier alpha value is -2.75. The first kappa shape index (κ1) is 13.2. The van der Waals surface area contributed by atoms with E-state index in [0.29, 0.717) is 34.3 Å². The molecule has 4 nitrogen and oxygen atoms in total. The zero-order valence-electron chi connectivity index (χ0n) is 11.5. The molecule has 0 bridgehead atoms. The number of furan rings is 1. The average molecular weight is 282 g/mol. The van der Waals surface area contributed by atoms with Crippen LogP contribution < -0.4 is 0 Å². The fourth-order valence-corrected chi connectivity index (χ4v) is 2.43. The molecule has 4 heteroatoms. The summed E-state index contributed by atoms with van der Waals surface area (Å²) in [4.78, 5) is 12.7. The van der Waals surface area contributed by atoms with Crippen molar-refractivity contribution in [3.05, 3.63) is 59.4 Å². The van der Waals surface area contributed by atoms with E-state index in [1.54, 1.807) is 24.3 Å². The molecule has 2 aromatic carbocycles. The van der Waals surface area contributed by atoms with Gasteiger partial charge in [0.25, 0.3) is 0 Å². The minimum atomic E-state index is -0.230. The van der Waals surface area contributed by atoms with Crippen molar-refractivity contribution >= 4 is 16.8 Å². The summed E-state index contributed by atoms with van der Waals surface area (Å²) < 4.78 is 5.67. The zero-order chi connectivity index (χ0) is 15.0. The van der Waals surface area contributed by atoms with Crippen molar-refractivity contribution in [2.24, 2.45) is 0 Å². The number of hydrogen-bond donors (Lipinski definition) is 2. The van der Waals surface area contributed by atoms with Crippen molar-refractivity contribution in [1.82, 2.24) is 0 Å². The third-order valence-corrected chi connectivity index (χ3v) is 3.44. The normalized spacial score (nSPS) is 10.9. The first-order chi connectivity index (χ1) is 10.1. The Labute approximate surface area is 121 Å². The lowest BCUT2D eigenvalue weighted by Gasteiger charge is -2.03. The number of aromatic hydroxyl groups is 2. The third kappa shape index (κ3) is 2.14. The van der Waals surface area contributed by atoms with Crippen molar-refractivity contribution in [2.45, 2.75) is 13.3 Å². The molecular weight excluding hydrogens is 268 g/mol. The van der Waals surface area contributed by atoms with E-state index < -0.39 is 0 Å². The van der Waals surface area contributed by atoms with Gasteiger partial charge in [0.05, 0.1) is 10.9 Å². The van der Waals surface area contributed by atoms with Gasteiger partial charge in [-0.05, 0) is 36.4 Å². The molecular formula is C17H14O4.